The lowest BCUT2D eigenvalue weighted by molar-refractivity contribution is -0.139. The van der Waals surface area contributed by atoms with E-state index in [9.17, 15) is 4.79 Å². The van der Waals surface area contributed by atoms with E-state index in [0.29, 0.717) is 18.6 Å². The molecule has 1 aliphatic heterocycles. The maximum atomic E-state index is 12.3. The van der Waals surface area contributed by atoms with Crippen LogP contribution < -0.4 is 5.32 Å². The van der Waals surface area contributed by atoms with Crippen molar-refractivity contribution in [1.82, 2.24) is 10.2 Å². The number of hydrogen-bond acceptors (Lipinski definition) is 3. The molecule has 0 aromatic rings. The quantitative estimate of drug-likeness (QED) is 0.798. The Kier molecular flexibility index (Phi) is 5.64. The van der Waals surface area contributed by atoms with Crippen molar-refractivity contribution in [3.05, 3.63) is 0 Å². The van der Waals surface area contributed by atoms with Crippen LogP contribution in [0.5, 0.6) is 0 Å². The fraction of sp³-hybridized carbons (Fsp3) is 0.933. The molecule has 110 valence electrons. The molecule has 2 aliphatic rings. The molecule has 1 saturated heterocycles. The normalized spacial score (nSPS) is 26.7. The SMILES string of the molecule is CCCC[C@H](NC(=O)[C@H]1CN(C)CCO1)C1CCC1. The number of amides is 1. The first-order chi connectivity index (χ1) is 9.20. The third kappa shape index (κ3) is 4.18. The molecule has 0 aromatic heterocycles. The third-order valence-corrected chi connectivity index (χ3v) is 4.48. The molecule has 4 heteroatoms. The van der Waals surface area contributed by atoms with Crippen molar-refractivity contribution >= 4 is 5.91 Å². The van der Waals surface area contributed by atoms with E-state index in [-0.39, 0.29) is 12.0 Å². The van der Waals surface area contributed by atoms with Crippen LogP contribution in [0, 0.1) is 5.92 Å². The summed E-state index contributed by atoms with van der Waals surface area (Å²) < 4.78 is 5.59. The number of likely N-dealkylation sites (N-methyl/N-ethyl adjacent to an activating group) is 1. The molecule has 1 amide bonds. The number of morpholine rings is 1. The van der Waals surface area contributed by atoms with Crippen LogP contribution in [-0.2, 0) is 9.53 Å². The van der Waals surface area contributed by atoms with Crippen LogP contribution in [0.2, 0.25) is 0 Å². The van der Waals surface area contributed by atoms with Crippen LogP contribution in [0.3, 0.4) is 0 Å². The molecule has 1 heterocycles. The summed E-state index contributed by atoms with van der Waals surface area (Å²) in [6.45, 7) is 4.51. The second-order valence-electron chi connectivity index (χ2n) is 6.07. The van der Waals surface area contributed by atoms with Gasteiger partial charge in [0.1, 0.15) is 6.10 Å². The van der Waals surface area contributed by atoms with E-state index in [0.717, 1.165) is 19.5 Å². The van der Waals surface area contributed by atoms with E-state index in [2.05, 4.69) is 17.1 Å². The summed E-state index contributed by atoms with van der Waals surface area (Å²) in [6.07, 6.45) is 7.12. The Morgan fingerprint density at radius 1 is 1.47 bits per heavy atom. The Morgan fingerprint density at radius 3 is 2.84 bits per heavy atom. The Hall–Kier alpha value is -0.610. The fourth-order valence-corrected chi connectivity index (χ4v) is 2.90. The van der Waals surface area contributed by atoms with Crippen LogP contribution >= 0.6 is 0 Å². The average Bonchev–Trinajstić information content (AvgIpc) is 2.33. The number of hydrogen-bond donors (Lipinski definition) is 1. The van der Waals surface area contributed by atoms with E-state index in [1.54, 1.807) is 0 Å². The summed E-state index contributed by atoms with van der Waals surface area (Å²) in [5.74, 6) is 0.802. The summed E-state index contributed by atoms with van der Waals surface area (Å²) in [7, 11) is 2.04. The molecule has 0 spiro atoms. The van der Waals surface area contributed by atoms with Crippen molar-refractivity contribution in [2.24, 2.45) is 5.92 Å². The van der Waals surface area contributed by atoms with Gasteiger partial charge in [-0.1, -0.05) is 26.2 Å². The number of nitrogens with zero attached hydrogens (tertiary/aromatic N) is 1. The molecule has 0 bridgehead atoms. The van der Waals surface area contributed by atoms with Crippen LogP contribution in [0.1, 0.15) is 45.4 Å². The average molecular weight is 268 g/mol. The summed E-state index contributed by atoms with van der Waals surface area (Å²) in [5.41, 5.74) is 0. The fourth-order valence-electron chi connectivity index (χ4n) is 2.90. The number of rotatable bonds is 6. The molecule has 4 nitrogen and oxygen atoms in total. The maximum Gasteiger partial charge on any atom is 0.250 e. The predicted molar refractivity (Wildman–Crippen MR) is 76.0 cm³/mol. The smallest absolute Gasteiger partial charge is 0.250 e. The van der Waals surface area contributed by atoms with E-state index in [4.69, 9.17) is 4.74 Å². The monoisotopic (exact) mass is 268 g/mol. The van der Waals surface area contributed by atoms with Gasteiger partial charge in [-0.05, 0) is 32.2 Å². The van der Waals surface area contributed by atoms with Crippen molar-refractivity contribution in [2.45, 2.75) is 57.6 Å². The van der Waals surface area contributed by atoms with Gasteiger partial charge in [-0.2, -0.15) is 0 Å². The first-order valence-electron chi connectivity index (χ1n) is 7.81. The highest BCUT2D eigenvalue weighted by molar-refractivity contribution is 5.81. The van der Waals surface area contributed by atoms with Gasteiger partial charge in [0.2, 0.25) is 0 Å². The van der Waals surface area contributed by atoms with Crippen LogP contribution in [0.15, 0.2) is 0 Å². The summed E-state index contributed by atoms with van der Waals surface area (Å²) in [4.78, 5) is 14.5. The van der Waals surface area contributed by atoms with Gasteiger partial charge >= 0.3 is 0 Å². The minimum Gasteiger partial charge on any atom is -0.366 e. The Morgan fingerprint density at radius 2 is 2.26 bits per heavy atom. The minimum atomic E-state index is -0.275. The lowest BCUT2D eigenvalue weighted by atomic mass is 9.78. The van der Waals surface area contributed by atoms with Crippen molar-refractivity contribution in [2.75, 3.05) is 26.7 Å². The lowest BCUT2D eigenvalue weighted by Crippen LogP contribution is -2.52. The van der Waals surface area contributed by atoms with Crippen LogP contribution in [-0.4, -0.2) is 49.7 Å². The van der Waals surface area contributed by atoms with Gasteiger partial charge in [-0.25, -0.2) is 0 Å². The van der Waals surface area contributed by atoms with Crippen LogP contribution in [0.4, 0.5) is 0 Å². The van der Waals surface area contributed by atoms with Gasteiger partial charge in [-0.15, -0.1) is 0 Å². The minimum absolute atomic E-state index is 0.0968. The second-order valence-corrected chi connectivity index (χ2v) is 6.07. The van der Waals surface area contributed by atoms with Gasteiger partial charge in [0, 0.05) is 19.1 Å². The predicted octanol–water partition coefficient (Wildman–Crippen LogP) is 1.79. The standard InChI is InChI=1S/C15H28N2O2/c1-3-4-8-13(12-6-5-7-12)16-15(18)14-11-17(2)9-10-19-14/h12-14H,3-11H2,1-2H3,(H,16,18)/t13-,14+/m0/s1. The molecule has 2 atom stereocenters. The largest absolute Gasteiger partial charge is 0.366 e. The summed E-state index contributed by atoms with van der Waals surface area (Å²) in [6, 6.07) is 0.372. The van der Waals surface area contributed by atoms with Gasteiger partial charge in [0.25, 0.3) is 5.91 Å². The molecule has 1 aliphatic carbocycles. The molecular formula is C15H28N2O2. The highest BCUT2D eigenvalue weighted by Gasteiger charge is 2.31. The molecule has 0 unspecified atom stereocenters. The number of nitrogens with one attached hydrogen (secondary N) is 1. The number of carbonyl (C=O) groups excluding carboxylic acids is 1. The molecule has 0 radical (unpaired) electrons. The zero-order chi connectivity index (χ0) is 13.7. The number of unbranched alkanes of at least 4 members (excludes halogenated alkanes) is 1. The van der Waals surface area contributed by atoms with Crippen molar-refractivity contribution < 1.29 is 9.53 Å². The van der Waals surface area contributed by atoms with Crippen molar-refractivity contribution in [1.29, 1.82) is 0 Å². The van der Waals surface area contributed by atoms with Gasteiger partial charge < -0.3 is 15.0 Å². The van der Waals surface area contributed by atoms with E-state index >= 15 is 0 Å². The number of carbonyl (C=O) groups is 1. The molecular weight excluding hydrogens is 240 g/mol. The van der Waals surface area contributed by atoms with Gasteiger partial charge in [-0.3, -0.25) is 4.79 Å². The first kappa shape index (κ1) is 14.8. The van der Waals surface area contributed by atoms with Gasteiger partial charge in [0.05, 0.1) is 6.61 Å². The zero-order valence-corrected chi connectivity index (χ0v) is 12.4. The number of ether oxygens (including phenoxy) is 1. The molecule has 1 N–H and O–H groups in total. The summed E-state index contributed by atoms with van der Waals surface area (Å²) in [5, 5.41) is 3.25. The van der Waals surface area contributed by atoms with E-state index in [1.807, 2.05) is 7.05 Å². The summed E-state index contributed by atoms with van der Waals surface area (Å²) >= 11 is 0. The lowest BCUT2D eigenvalue weighted by Gasteiger charge is -2.36. The van der Waals surface area contributed by atoms with E-state index < -0.39 is 0 Å². The highest BCUT2D eigenvalue weighted by Crippen LogP contribution is 2.31. The topological polar surface area (TPSA) is 41.6 Å². The van der Waals surface area contributed by atoms with Crippen LogP contribution in [0.25, 0.3) is 0 Å². The molecule has 2 rings (SSSR count). The Balaban J connectivity index is 1.82. The maximum absolute atomic E-state index is 12.3. The molecule has 2 fully saturated rings. The second kappa shape index (κ2) is 7.25. The highest BCUT2D eigenvalue weighted by atomic mass is 16.5. The third-order valence-electron chi connectivity index (χ3n) is 4.48. The molecule has 19 heavy (non-hydrogen) atoms. The van der Waals surface area contributed by atoms with Crippen molar-refractivity contribution in [3.63, 3.8) is 0 Å². The molecule has 0 aromatic carbocycles. The first-order valence-corrected chi connectivity index (χ1v) is 7.81. The Labute approximate surface area is 116 Å². The zero-order valence-electron chi connectivity index (χ0n) is 12.4. The Bertz CT molecular complexity index is 292. The molecule has 1 saturated carbocycles. The van der Waals surface area contributed by atoms with E-state index in [1.165, 1.54) is 32.1 Å². The van der Waals surface area contributed by atoms with Gasteiger partial charge in [0.15, 0.2) is 0 Å². The van der Waals surface area contributed by atoms with Crippen molar-refractivity contribution in [3.8, 4) is 0 Å².